The number of hydrogen-bond acceptors (Lipinski definition) is 7. The summed E-state index contributed by atoms with van der Waals surface area (Å²) < 4.78 is 10.4. The van der Waals surface area contributed by atoms with E-state index >= 15 is 0 Å². The van der Waals surface area contributed by atoms with Crippen LogP contribution >= 0.6 is 0 Å². The molecule has 0 unspecified atom stereocenters. The minimum Gasteiger partial charge on any atom is -0.481 e. The summed E-state index contributed by atoms with van der Waals surface area (Å²) in [4.78, 5) is 16.0. The Hall–Kier alpha value is -2.03. The molecule has 2 fully saturated rings. The van der Waals surface area contributed by atoms with E-state index in [-0.39, 0.29) is 6.42 Å². The van der Waals surface area contributed by atoms with Gasteiger partial charge in [0.2, 0.25) is 0 Å². The van der Waals surface area contributed by atoms with Gasteiger partial charge in [-0.3, -0.25) is 14.6 Å². The molecule has 2 aliphatic heterocycles. The minimum atomic E-state index is -0.716. The zero-order chi connectivity index (χ0) is 18.6. The van der Waals surface area contributed by atoms with Crippen molar-refractivity contribution in [2.75, 3.05) is 39.4 Å². The smallest absolute Gasteiger partial charge is 0.303 e. The zero-order valence-electron chi connectivity index (χ0n) is 15.4. The van der Waals surface area contributed by atoms with Crippen LogP contribution in [0.25, 0.3) is 11.0 Å². The Morgan fingerprint density at radius 3 is 2.89 bits per heavy atom. The molecule has 3 heterocycles. The molecule has 2 atom stereocenters. The van der Waals surface area contributed by atoms with Crippen molar-refractivity contribution < 1.29 is 19.3 Å². The number of rotatable bonds is 6. The number of carboxylic acids is 1. The Morgan fingerprint density at radius 1 is 1.22 bits per heavy atom. The number of piperidine rings is 1. The van der Waals surface area contributed by atoms with Crippen molar-refractivity contribution in [3.05, 3.63) is 23.8 Å². The Morgan fingerprint density at radius 2 is 2.07 bits per heavy atom. The largest absolute Gasteiger partial charge is 0.481 e. The van der Waals surface area contributed by atoms with E-state index < -0.39 is 5.97 Å². The molecular formula is C19H26N4O4. The van der Waals surface area contributed by atoms with Gasteiger partial charge in [0, 0.05) is 38.6 Å². The van der Waals surface area contributed by atoms with Crippen molar-refractivity contribution in [2.45, 2.75) is 31.8 Å². The summed E-state index contributed by atoms with van der Waals surface area (Å²) >= 11 is 0. The van der Waals surface area contributed by atoms with Gasteiger partial charge in [-0.1, -0.05) is 12.1 Å². The van der Waals surface area contributed by atoms with Crippen molar-refractivity contribution >= 4 is 17.0 Å². The number of ether oxygens (including phenoxy) is 1. The van der Waals surface area contributed by atoms with Crippen LogP contribution in [0.4, 0.5) is 0 Å². The van der Waals surface area contributed by atoms with Crippen LogP contribution in [0.15, 0.2) is 22.8 Å². The second-order valence-corrected chi connectivity index (χ2v) is 7.48. The third kappa shape index (κ3) is 4.28. The lowest BCUT2D eigenvalue weighted by Crippen LogP contribution is -2.53. The number of likely N-dealkylation sites (tertiary alicyclic amines) is 1. The van der Waals surface area contributed by atoms with Gasteiger partial charge in [0.15, 0.2) is 0 Å². The fourth-order valence-corrected chi connectivity index (χ4v) is 4.45. The normalized spacial score (nSPS) is 25.0. The average Bonchev–Trinajstić information content (AvgIpc) is 3.17. The number of aliphatic carboxylic acids is 1. The summed E-state index contributed by atoms with van der Waals surface area (Å²) in [6, 6.07) is 6.38. The van der Waals surface area contributed by atoms with Crippen molar-refractivity contribution in [3.8, 4) is 0 Å². The summed E-state index contributed by atoms with van der Waals surface area (Å²) in [7, 11) is 0. The molecular weight excluding hydrogens is 348 g/mol. The molecule has 0 saturated carbocycles. The summed E-state index contributed by atoms with van der Waals surface area (Å²) in [5, 5.41) is 17.1. The number of carboxylic acid groups (broad SMARTS) is 1. The Kier molecular flexibility index (Phi) is 5.66. The third-order valence-corrected chi connectivity index (χ3v) is 5.79. The predicted octanol–water partition coefficient (Wildman–Crippen LogP) is 1.61. The van der Waals surface area contributed by atoms with Gasteiger partial charge in [-0.2, -0.15) is 0 Å². The topological polar surface area (TPSA) is 91.9 Å². The molecule has 2 aromatic rings. The molecule has 8 heteroatoms. The molecule has 0 aliphatic carbocycles. The highest BCUT2D eigenvalue weighted by Crippen LogP contribution is 2.28. The minimum absolute atomic E-state index is 0.224. The lowest BCUT2D eigenvalue weighted by molar-refractivity contribution is -0.137. The van der Waals surface area contributed by atoms with E-state index in [2.05, 4.69) is 26.2 Å². The molecule has 1 aromatic heterocycles. The molecule has 0 amide bonds. The standard InChI is InChI=1S/C19H26N4O4/c24-18(25)5-4-14-12-22(7-6-17(14)23-8-10-26-11-9-23)13-15-2-1-3-16-19(15)21-27-20-16/h1-3,14,17H,4-13H2,(H,24,25)/t14-,17+/m1/s1. The molecule has 8 nitrogen and oxygen atoms in total. The maximum atomic E-state index is 11.1. The number of fused-ring (bicyclic) bond motifs is 1. The van der Waals surface area contributed by atoms with Crippen LogP contribution < -0.4 is 0 Å². The Bertz CT molecular complexity index is 774. The van der Waals surface area contributed by atoms with E-state index in [4.69, 9.17) is 14.5 Å². The zero-order valence-corrected chi connectivity index (χ0v) is 15.4. The number of nitrogens with zero attached hydrogens (tertiary/aromatic N) is 4. The first-order valence-electron chi connectivity index (χ1n) is 9.67. The maximum Gasteiger partial charge on any atom is 0.303 e. The van der Waals surface area contributed by atoms with Crippen molar-refractivity contribution in [3.63, 3.8) is 0 Å². The molecule has 27 heavy (non-hydrogen) atoms. The van der Waals surface area contributed by atoms with Crippen molar-refractivity contribution in [1.82, 2.24) is 20.1 Å². The van der Waals surface area contributed by atoms with Crippen LogP contribution in [0.1, 0.15) is 24.8 Å². The molecule has 0 bridgehead atoms. The first-order valence-corrected chi connectivity index (χ1v) is 9.67. The van der Waals surface area contributed by atoms with Crippen molar-refractivity contribution in [2.24, 2.45) is 5.92 Å². The molecule has 1 aromatic carbocycles. The first kappa shape index (κ1) is 18.3. The molecule has 146 valence electrons. The lowest BCUT2D eigenvalue weighted by Gasteiger charge is -2.45. The van der Waals surface area contributed by atoms with Gasteiger partial charge < -0.3 is 9.84 Å². The van der Waals surface area contributed by atoms with Crippen LogP contribution in [0, 0.1) is 5.92 Å². The van der Waals surface area contributed by atoms with Crippen molar-refractivity contribution in [1.29, 1.82) is 0 Å². The van der Waals surface area contributed by atoms with E-state index in [1.54, 1.807) is 0 Å². The number of carbonyl (C=O) groups is 1. The molecule has 0 radical (unpaired) electrons. The van der Waals surface area contributed by atoms with E-state index in [0.717, 1.165) is 69.0 Å². The fraction of sp³-hybridized carbons (Fsp3) is 0.632. The quantitative estimate of drug-likeness (QED) is 0.815. The van der Waals surface area contributed by atoms with Gasteiger partial charge in [0.05, 0.1) is 13.2 Å². The van der Waals surface area contributed by atoms with Gasteiger partial charge in [-0.25, -0.2) is 4.63 Å². The monoisotopic (exact) mass is 374 g/mol. The molecule has 0 spiro atoms. The Labute approximate surface area is 158 Å². The number of benzene rings is 1. The summed E-state index contributed by atoms with van der Waals surface area (Å²) in [5.41, 5.74) is 2.70. The fourth-order valence-electron chi connectivity index (χ4n) is 4.45. The van der Waals surface area contributed by atoms with Crippen LogP contribution in [0.5, 0.6) is 0 Å². The highest BCUT2D eigenvalue weighted by atomic mass is 16.6. The second kappa shape index (κ2) is 8.33. The molecule has 2 saturated heterocycles. The molecule has 1 N–H and O–H groups in total. The second-order valence-electron chi connectivity index (χ2n) is 7.48. The molecule has 4 rings (SSSR count). The SMILES string of the molecule is O=C(O)CC[C@@H]1CN(Cc2cccc3nonc23)CC[C@@H]1N1CCOCC1. The highest BCUT2D eigenvalue weighted by Gasteiger charge is 2.34. The van der Waals surface area contributed by atoms with Crippen LogP contribution in [-0.4, -0.2) is 76.6 Å². The first-order chi connectivity index (χ1) is 13.2. The number of morpholine rings is 1. The van der Waals surface area contributed by atoms with Crippen LogP contribution in [0.2, 0.25) is 0 Å². The predicted molar refractivity (Wildman–Crippen MR) is 98.2 cm³/mol. The Balaban J connectivity index is 1.46. The lowest BCUT2D eigenvalue weighted by atomic mass is 9.86. The number of aromatic nitrogens is 2. The van der Waals surface area contributed by atoms with Gasteiger partial charge in [0.25, 0.3) is 0 Å². The average molecular weight is 374 g/mol. The van der Waals surface area contributed by atoms with E-state index in [9.17, 15) is 4.79 Å². The van der Waals surface area contributed by atoms with Gasteiger partial charge >= 0.3 is 5.97 Å². The van der Waals surface area contributed by atoms with Crippen LogP contribution in [-0.2, 0) is 16.1 Å². The maximum absolute atomic E-state index is 11.1. The summed E-state index contributed by atoms with van der Waals surface area (Å²) in [6.07, 6.45) is 1.99. The van der Waals surface area contributed by atoms with Gasteiger partial charge in [-0.05, 0) is 47.2 Å². The van der Waals surface area contributed by atoms with E-state index in [1.807, 2.05) is 12.1 Å². The van der Waals surface area contributed by atoms with E-state index in [1.165, 1.54) is 0 Å². The number of hydrogen-bond donors (Lipinski definition) is 1. The van der Waals surface area contributed by atoms with Gasteiger partial charge in [0.1, 0.15) is 11.0 Å². The third-order valence-electron chi connectivity index (χ3n) is 5.79. The summed E-state index contributed by atoms with van der Waals surface area (Å²) in [6.45, 7) is 6.10. The molecule has 2 aliphatic rings. The summed E-state index contributed by atoms with van der Waals surface area (Å²) in [5.74, 6) is -0.367. The van der Waals surface area contributed by atoms with Gasteiger partial charge in [-0.15, -0.1) is 0 Å². The van der Waals surface area contributed by atoms with Crippen LogP contribution in [0.3, 0.4) is 0 Å². The highest BCUT2D eigenvalue weighted by molar-refractivity contribution is 5.76. The van der Waals surface area contributed by atoms with E-state index in [0.29, 0.717) is 18.4 Å².